The summed E-state index contributed by atoms with van der Waals surface area (Å²) >= 11 is 12.2. The number of nitrogens with zero attached hydrogens (tertiary/aromatic N) is 3. The van der Waals surface area contributed by atoms with Crippen LogP contribution in [0.5, 0.6) is 0 Å². The van der Waals surface area contributed by atoms with Crippen molar-refractivity contribution in [3.63, 3.8) is 0 Å². The first-order valence-electron chi connectivity index (χ1n) is 13.1. The molecule has 4 rings (SSSR count). The molecule has 1 unspecified atom stereocenters. The molecule has 3 aromatic rings. The number of para-hydroxylation sites is 2. The van der Waals surface area contributed by atoms with Crippen molar-refractivity contribution in [3.8, 4) is 0 Å². The lowest BCUT2D eigenvalue weighted by atomic mass is 10.1. The highest BCUT2D eigenvalue weighted by atomic mass is 35.5. The largest absolute Gasteiger partial charge is 1.00 e. The number of likely N-dealkylation sites (N-methyl/N-ethyl adjacent to an activating group) is 1. The Labute approximate surface area is 261 Å². The Bertz CT molecular complexity index is 1350. The second-order valence-corrected chi connectivity index (χ2v) is 13.1. The summed E-state index contributed by atoms with van der Waals surface area (Å²) in [5, 5.41) is 9.62. The minimum Gasteiger partial charge on any atom is -1.00 e. The monoisotopic (exact) mass is 638 g/mol. The van der Waals surface area contributed by atoms with E-state index in [4.69, 9.17) is 23.2 Å². The van der Waals surface area contributed by atoms with Gasteiger partial charge in [0.25, 0.3) is 11.7 Å². The number of aromatic nitrogens is 1. The molecule has 2 amide bonds. The van der Waals surface area contributed by atoms with Gasteiger partial charge in [-0.3, -0.25) is 9.59 Å². The van der Waals surface area contributed by atoms with Crippen molar-refractivity contribution in [1.82, 2.24) is 4.57 Å². The standard InChI is InChI=1S/C29H36Cl2N6O2S.ClH/c1-21-9-10-23(26(19-21)36(16-13-30)17-14-31)33-28(39)29(34-24-7-5-6-8-25(24)35(29)2)37-15-11-22(20-37)32-27(38)12-18-40(3)4;/h5-11,15,19-20,34H,12-14,16-18H2,1-4H3,(H-,32,33,38,39);1H. The maximum absolute atomic E-state index is 14.4. The molecule has 0 spiro atoms. The SMILES string of the molecule is Cc1ccc(NC(=O)C2(n3ccc(NC(=O)CC[S+](C)C)c3)Nc3ccccc3N2C)c(N(CCCl)CCCl)c1.[Cl-]. The van der Waals surface area contributed by atoms with Gasteiger partial charge in [0.05, 0.1) is 47.4 Å². The average molecular weight is 640 g/mol. The smallest absolute Gasteiger partial charge is 0.293 e. The fraction of sp³-hybridized carbons (Fsp3) is 0.379. The predicted molar refractivity (Wildman–Crippen MR) is 172 cm³/mol. The molecule has 8 nitrogen and oxygen atoms in total. The Morgan fingerprint density at radius 2 is 1.76 bits per heavy atom. The number of carbonyl (C=O) groups excluding carboxylic acids is 2. The summed E-state index contributed by atoms with van der Waals surface area (Å²) in [5.41, 5.74) is 4.91. The number of anilines is 5. The van der Waals surface area contributed by atoms with Gasteiger partial charge < -0.3 is 42.7 Å². The minimum absolute atomic E-state index is 0. The van der Waals surface area contributed by atoms with Crippen molar-refractivity contribution in [2.45, 2.75) is 19.1 Å². The molecule has 1 aromatic heterocycles. The zero-order chi connectivity index (χ0) is 28.9. The van der Waals surface area contributed by atoms with Crippen LogP contribution in [0.3, 0.4) is 0 Å². The molecule has 0 saturated heterocycles. The quantitative estimate of drug-likeness (QED) is 0.209. The van der Waals surface area contributed by atoms with Gasteiger partial charge in [-0.05, 0) is 53.7 Å². The summed E-state index contributed by atoms with van der Waals surface area (Å²) < 4.78 is 1.80. The number of hydrogen-bond acceptors (Lipinski definition) is 5. The molecule has 222 valence electrons. The summed E-state index contributed by atoms with van der Waals surface area (Å²) in [4.78, 5) is 30.9. The Morgan fingerprint density at radius 3 is 2.41 bits per heavy atom. The number of rotatable bonds is 12. The molecule has 0 bridgehead atoms. The molecule has 0 aliphatic carbocycles. The molecule has 1 atom stereocenters. The van der Waals surface area contributed by atoms with Gasteiger partial charge in [0.15, 0.2) is 0 Å². The number of alkyl halides is 2. The van der Waals surface area contributed by atoms with E-state index in [-0.39, 0.29) is 35.1 Å². The van der Waals surface area contributed by atoms with E-state index in [0.29, 0.717) is 42.6 Å². The molecule has 1 aliphatic heterocycles. The van der Waals surface area contributed by atoms with Crippen molar-refractivity contribution < 1.29 is 22.0 Å². The van der Waals surface area contributed by atoms with Crippen LogP contribution in [0.1, 0.15) is 12.0 Å². The third-order valence-electron chi connectivity index (χ3n) is 6.92. The van der Waals surface area contributed by atoms with Gasteiger partial charge in [-0.2, -0.15) is 0 Å². The van der Waals surface area contributed by atoms with Crippen LogP contribution in [-0.2, 0) is 26.3 Å². The molecule has 0 saturated carbocycles. The van der Waals surface area contributed by atoms with Crippen molar-refractivity contribution in [3.05, 3.63) is 66.5 Å². The number of hydrogen-bond donors (Lipinski definition) is 3. The molecular weight excluding hydrogens is 603 g/mol. The van der Waals surface area contributed by atoms with E-state index in [0.717, 1.165) is 28.4 Å². The van der Waals surface area contributed by atoms with Gasteiger partial charge in [-0.25, -0.2) is 0 Å². The van der Waals surface area contributed by atoms with E-state index in [1.807, 2.05) is 67.4 Å². The van der Waals surface area contributed by atoms with Crippen LogP contribution in [0.4, 0.5) is 28.4 Å². The van der Waals surface area contributed by atoms with Crippen LogP contribution in [0.25, 0.3) is 0 Å². The fourth-order valence-corrected chi connectivity index (χ4v) is 5.85. The summed E-state index contributed by atoms with van der Waals surface area (Å²) in [7, 11) is 2.06. The van der Waals surface area contributed by atoms with Crippen LogP contribution < -0.4 is 38.2 Å². The molecule has 1 aliphatic rings. The average Bonchev–Trinajstić information content (AvgIpc) is 3.51. The molecule has 2 aromatic carbocycles. The van der Waals surface area contributed by atoms with Crippen LogP contribution in [0, 0.1) is 6.92 Å². The summed E-state index contributed by atoms with van der Waals surface area (Å²) in [6.45, 7) is 3.19. The Balaban J connectivity index is 0.00000462. The van der Waals surface area contributed by atoms with E-state index in [9.17, 15) is 9.59 Å². The third kappa shape index (κ3) is 7.20. The number of nitrogens with one attached hydrogen (secondary N) is 3. The normalized spacial score (nSPS) is 15.6. The topological polar surface area (TPSA) is 81.6 Å². The molecule has 0 radical (unpaired) electrons. The van der Waals surface area contributed by atoms with Crippen LogP contribution in [-0.4, -0.2) is 66.5 Å². The Hall–Kier alpha value is -2.72. The number of aryl methyl sites for hydroxylation is 1. The highest BCUT2D eigenvalue weighted by Crippen LogP contribution is 2.43. The van der Waals surface area contributed by atoms with Gasteiger partial charge in [0, 0.05) is 44.3 Å². The van der Waals surface area contributed by atoms with Gasteiger partial charge in [0.1, 0.15) is 5.75 Å². The van der Waals surface area contributed by atoms with E-state index in [2.05, 4.69) is 33.4 Å². The van der Waals surface area contributed by atoms with E-state index >= 15 is 0 Å². The fourth-order valence-electron chi connectivity index (χ4n) is 4.85. The van der Waals surface area contributed by atoms with E-state index < -0.39 is 5.79 Å². The molecular formula is C29H37Cl3N6O2S. The number of amides is 2. The van der Waals surface area contributed by atoms with Crippen molar-refractivity contribution >= 4 is 74.3 Å². The summed E-state index contributed by atoms with van der Waals surface area (Å²) in [6.07, 6.45) is 8.28. The number of carbonyl (C=O) groups is 2. The van der Waals surface area contributed by atoms with Gasteiger partial charge in [-0.1, -0.05) is 18.2 Å². The minimum atomic E-state index is -1.34. The number of benzene rings is 2. The first kappa shape index (κ1) is 32.8. The molecule has 41 heavy (non-hydrogen) atoms. The predicted octanol–water partition coefficient (Wildman–Crippen LogP) is 2.10. The first-order valence-corrected chi connectivity index (χ1v) is 16.4. The molecule has 0 fully saturated rings. The maximum atomic E-state index is 14.4. The number of halogens is 3. The van der Waals surface area contributed by atoms with Gasteiger partial charge in [-0.15, -0.1) is 23.2 Å². The van der Waals surface area contributed by atoms with Crippen molar-refractivity contribution in [2.24, 2.45) is 0 Å². The van der Waals surface area contributed by atoms with Gasteiger partial charge in [0.2, 0.25) is 5.91 Å². The highest BCUT2D eigenvalue weighted by molar-refractivity contribution is 7.95. The Morgan fingerprint density at radius 1 is 1.05 bits per heavy atom. The maximum Gasteiger partial charge on any atom is 0.293 e. The van der Waals surface area contributed by atoms with Crippen molar-refractivity contribution in [1.29, 1.82) is 0 Å². The molecule has 12 heteroatoms. The lowest BCUT2D eigenvalue weighted by molar-refractivity contribution is -0.123. The lowest BCUT2D eigenvalue weighted by Gasteiger charge is -2.37. The second-order valence-electron chi connectivity index (χ2n) is 10.0. The molecule has 3 N–H and O–H groups in total. The highest BCUT2D eigenvalue weighted by Gasteiger charge is 2.50. The van der Waals surface area contributed by atoms with Gasteiger partial charge >= 0.3 is 0 Å². The third-order valence-corrected chi connectivity index (χ3v) is 8.27. The zero-order valence-electron chi connectivity index (χ0n) is 23.7. The van der Waals surface area contributed by atoms with E-state index in [1.165, 1.54) is 0 Å². The number of fused-ring (bicyclic) bond motifs is 1. The second kappa shape index (κ2) is 14.4. The van der Waals surface area contributed by atoms with Crippen LogP contribution in [0.2, 0.25) is 0 Å². The summed E-state index contributed by atoms with van der Waals surface area (Å²) in [5.74, 6) is 0.0210. The Kier molecular flexibility index (Phi) is 11.6. The van der Waals surface area contributed by atoms with Crippen LogP contribution >= 0.6 is 23.2 Å². The lowest BCUT2D eigenvalue weighted by Crippen LogP contribution is -3.00. The zero-order valence-corrected chi connectivity index (χ0v) is 26.8. The summed E-state index contributed by atoms with van der Waals surface area (Å²) in [6, 6.07) is 15.5. The van der Waals surface area contributed by atoms with Crippen LogP contribution in [0.15, 0.2) is 60.9 Å². The van der Waals surface area contributed by atoms with Crippen molar-refractivity contribution in [2.75, 3.05) is 75.9 Å². The first-order chi connectivity index (χ1) is 19.2. The molecule has 2 heterocycles. The van der Waals surface area contributed by atoms with E-state index in [1.54, 1.807) is 17.0 Å².